The van der Waals surface area contributed by atoms with E-state index in [-0.39, 0.29) is 34.0 Å². The number of rotatable bonds is 4. The number of hydrogen-bond acceptors (Lipinski definition) is 2. The van der Waals surface area contributed by atoms with Gasteiger partial charge in [0.2, 0.25) is 0 Å². The Hall–Kier alpha value is -2.59. The summed E-state index contributed by atoms with van der Waals surface area (Å²) in [7, 11) is 0. The molecule has 1 heterocycles. The van der Waals surface area contributed by atoms with Gasteiger partial charge >= 0.3 is 6.03 Å². The molecule has 1 aliphatic heterocycles. The molecule has 200 valence electrons. The van der Waals surface area contributed by atoms with Crippen LogP contribution < -0.4 is 5.32 Å². The van der Waals surface area contributed by atoms with Gasteiger partial charge in [0.25, 0.3) is 0 Å². The molecule has 0 radical (unpaired) electrons. The van der Waals surface area contributed by atoms with Gasteiger partial charge in [0, 0.05) is 39.7 Å². The monoisotopic (exact) mass is 577 g/mol. The molecular weight excluding hydrogens is 551 g/mol. The van der Waals surface area contributed by atoms with E-state index in [0.29, 0.717) is 17.1 Å². The highest BCUT2D eigenvalue weighted by Crippen LogP contribution is 2.54. The Morgan fingerprint density at radius 2 is 1.79 bits per heavy atom. The fourth-order valence-electron chi connectivity index (χ4n) is 5.79. The van der Waals surface area contributed by atoms with E-state index < -0.39 is 41.0 Å². The minimum absolute atomic E-state index is 0.0870. The highest BCUT2D eigenvalue weighted by Gasteiger charge is 2.61. The second-order valence-electron chi connectivity index (χ2n) is 11.0. The fourth-order valence-corrected chi connectivity index (χ4v) is 6.30. The Morgan fingerprint density at radius 3 is 2.39 bits per heavy atom. The van der Waals surface area contributed by atoms with Gasteiger partial charge < -0.3 is 10.2 Å². The summed E-state index contributed by atoms with van der Waals surface area (Å²) in [4.78, 5) is 15.3. The van der Waals surface area contributed by atoms with Crippen LogP contribution in [0.4, 0.5) is 19.3 Å². The lowest BCUT2D eigenvalue weighted by Crippen LogP contribution is -2.52. The van der Waals surface area contributed by atoms with Crippen LogP contribution in [-0.4, -0.2) is 23.5 Å². The van der Waals surface area contributed by atoms with Crippen LogP contribution in [0.25, 0.3) is 0 Å². The first-order valence-electron chi connectivity index (χ1n) is 12.3. The van der Waals surface area contributed by atoms with Crippen molar-refractivity contribution in [1.82, 2.24) is 4.90 Å². The quantitative estimate of drug-likeness (QED) is 0.394. The smallest absolute Gasteiger partial charge is 0.319 e. The number of nitrogens with one attached hydrogen (secondary N) is 1. The average Bonchev–Trinajstić information content (AvgIpc) is 3.15. The predicted octanol–water partition coefficient (Wildman–Crippen LogP) is 8.86. The van der Waals surface area contributed by atoms with Crippen molar-refractivity contribution < 1.29 is 13.6 Å². The van der Waals surface area contributed by atoms with Gasteiger partial charge in [0.1, 0.15) is 17.1 Å². The predicted molar refractivity (Wildman–Crippen MR) is 148 cm³/mol. The van der Waals surface area contributed by atoms with E-state index in [1.807, 2.05) is 20.8 Å². The van der Waals surface area contributed by atoms with Gasteiger partial charge in [0.05, 0.1) is 17.1 Å². The third-order valence-corrected chi connectivity index (χ3v) is 8.02. The van der Waals surface area contributed by atoms with Crippen molar-refractivity contribution in [2.24, 2.45) is 17.3 Å². The lowest BCUT2D eigenvalue weighted by molar-refractivity contribution is 0.166. The van der Waals surface area contributed by atoms with Crippen molar-refractivity contribution in [3.05, 3.63) is 86.9 Å². The number of amides is 2. The maximum Gasteiger partial charge on any atom is 0.322 e. The molecule has 0 bridgehead atoms. The Balaban J connectivity index is 1.91. The molecule has 2 aliphatic rings. The standard InChI is InChI=1S/C29H28Cl3F2N3O/c1-28(2,3)14-17-15-37(27(38)36-20-10-7-18(30)8-11-20)26(21-5-4-6-23(32)25(21)34)29(17,16-35)22-12-9-19(31)13-24(22)33/h4,6-13,17,21,26H,5,14-15H2,1-3H3,(H,36,38)/t17-,21?,26-,29-/m1/s1. The first kappa shape index (κ1) is 28.4. The van der Waals surface area contributed by atoms with Crippen LogP contribution in [0, 0.1) is 34.4 Å². The van der Waals surface area contributed by atoms with Crippen LogP contribution in [-0.2, 0) is 5.41 Å². The van der Waals surface area contributed by atoms with E-state index >= 15 is 8.78 Å². The maximum absolute atomic E-state index is 15.7. The van der Waals surface area contributed by atoms with Gasteiger partial charge in [0.15, 0.2) is 0 Å². The van der Waals surface area contributed by atoms with E-state index in [2.05, 4.69) is 11.4 Å². The number of carbonyl (C=O) groups excluding carboxylic acids is 1. The van der Waals surface area contributed by atoms with Crippen LogP contribution in [0.2, 0.25) is 10.0 Å². The molecule has 0 aromatic heterocycles. The number of benzene rings is 2. The van der Waals surface area contributed by atoms with E-state index in [0.717, 1.165) is 6.07 Å². The summed E-state index contributed by atoms with van der Waals surface area (Å²) in [5.74, 6) is -2.77. The number of hydrogen-bond donors (Lipinski definition) is 1. The molecule has 4 rings (SSSR count). The van der Waals surface area contributed by atoms with Gasteiger partial charge in [-0.3, -0.25) is 0 Å². The van der Waals surface area contributed by atoms with E-state index in [4.69, 9.17) is 34.8 Å². The molecule has 1 saturated heterocycles. The van der Waals surface area contributed by atoms with Gasteiger partial charge in [-0.15, -0.1) is 0 Å². The molecule has 1 unspecified atom stereocenters. The minimum Gasteiger partial charge on any atom is -0.319 e. The first-order valence-corrected chi connectivity index (χ1v) is 13.4. The fraction of sp³-hybridized carbons (Fsp3) is 0.379. The van der Waals surface area contributed by atoms with Crippen LogP contribution in [0.15, 0.2) is 65.5 Å². The molecule has 1 aliphatic carbocycles. The van der Waals surface area contributed by atoms with Crippen molar-refractivity contribution in [3.8, 4) is 6.07 Å². The highest BCUT2D eigenvalue weighted by molar-refractivity contribution is 6.31. The van der Waals surface area contributed by atoms with Gasteiger partial charge in [-0.25, -0.2) is 13.6 Å². The minimum atomic E-state index is -1.58. The van der Waals surface area contributed by atoms with Crippen molar-refractivity contribution in [2.75, 3.05) is 11.9 Å². The van der Waals surface area contributed by atoms with Crippen LogP contribution in [0.5, 0.6) is 0 Å². The molecule has 4 atom stereocenters. The number of carbonyl (C=O) groups is 1. The van der Waals surface area contributed by atoms with E-state index in [1.54, 1.807) is 30.3 Å². The number of anilines is 1. The Bertz CT molecular complexity index is 1330. The topological polar surface area (TPSA) is 56.1 Å². The second kappa shape index (κ2) is 10.9. The number of nitrogens with zero attached hydrogens (tertiary/aromatic N) is 2. The SMILES string of the molecule is CC(C)(C)C[C@@H]1CN(C(=O)Nc2ccc(Cl)cc2)[C@H](C2CC=CC(Cl)=C2F)[C@@]1(C#N)c1ccc(Cl)cc1F. The molecule has 2 amide bonds. The Labute approximate surface area is 236 Å². The summed E-state index contributed by atoms with van der Waals surface area (Å²) in [5.41, 5.74) is -1.29. The van der Waals surface area contributed by atoms with E-state index in [1.165, 1.54) is 23.1 Å². The zero-order chi connectivity index (χ0) is 27.8. The summed E-state index contributed by atoms with van der Waals surface area (Å²) in [6, 6.07) is 11.5. The normalized spacial score (nSPS) is 25.4. The average molecular weight is 579 g/mol. The first-order chi connectivity index (χ1) is 17.9. The number of urea groups is 1. The molecule has 9 heteroatoms. The molecule has 0 saturated carbocycles. The maximum atomic E-state index is 15.7. The highest BCUT2D eigenvalue weighted by atomic mass is 35.5. The summed E-state index contributed by atoms with van der Waals surface area (Å²) >= 11 is 18.3. The third-order valence-electron chi connectivity index (χ3n) is 7.23. The zero-order valence-corrected chi connectivity index (χ0v) is 23.5. The summed E-state index contributed by atoms with van der Waals surface area (Å²) < 4.78 is 31.4. The van der Waals surface area contributed by atoms with Crippen LogP contribution in [0.3, 0.4) is 0 Å². The van der Waals surface area contributed by atoms with Crippen molar-refractivity contribution in [3.63, 3.8) is 0 Å². The second-order valence-corrected chi connectivity index (χ2v) is 12.3. The molecule has 0 spiro atoms. The van der Waals surface area contributed by atoms with Crippen LogP contribution in [0.1, 0.15) is 39.2 Å². The summed E-state index contributed by atoms with van der Waals surface area (Å²) in [5, 5.41) is 14.3. The number of halogens is 5. The van der Waals surface area contributed by atoms with Crippen molar-refractivity contribution in [1.29, 1.82) is 5.26 Å². The molecule has 1 N–H and O–H groups in total. The van der Waals surface area contributed by atoms with Gasteiger partial charge in [-0.1, -0.05) is 67.7 Å². The number of allylic oxidation sites excluding steroid dienone is 3. The van der Waals surface area contributed by atoms with Crippen molar-refractivity contribution in [2.45, 2.75) is 45.1 Å². The Morgan fingerprint density at radius 1 is 1.13 bits per heavy atom. The van der Waals surface area contributed by atoms with Crippen LogP contribution >= 0.6 is 34.8 Å². The number of nitriles is 1. The number of likely N-dealkylation sites (tertiary alicyclic amines) is 1. The lowest BCUT2D eigenvalue weighted by Gasteiger charge is -2.41. The summed E-state index contributed by atoms with van der Waals surface area (Å²) in [6.45, 7) is 6.15. The molecule has 2 aromatic rings. The van der Waals surface area contributed by atoms with Crippen molar-refractivity contribution >= 4 is 46.5 Å². The lowest BCUT2D eigenvalue weighted by atomic mass is 9.62. The summed E-state index contributed by atoms with van der Waals surface area (Å²) in [6.07, 6.45) is 3.84. The molecule has 4 nitrogen and oxygen atoms in total. The van der Waals surface area contributed by atoms with E-state index in [9.17, 15) is 10.1 Å². The third kappa shape index (κ3) is 5.43. The molecular formula is C29H28Cl3F2N3O. The molecule has 38 heavy (non-hydrogen) atoms. The zero-order valence-electron chi connectivity index (χ0n) is 21.2. The molecule has 1 fully saturated rings. The van der Waals surface area contributed by atoms with Gasteiger partial charge in [-0.05, 0) is 60.7 Å². The largest absolute Gasteiger partial charge is 0.322 e. The van der Waals surface area contributed by atoms with Gasteiger partial charge in [-0.2, -0.15) is 5.26 Å². The molecule has 2 aromatic carbocycles. The Kier molecular flexibility index (Phi) is 8.14.